The number of carboxylic acid groups (broad SMARTS) is 4. The summed E-state index contributed by atoms with van der Waals surface area (Å²) in [5, 5.41) is 41.6. The van der Waals surface area contributed by atoms with Gasteiger partial charge in [-0.3, -0.25) is 9.80 Å². The minimum absolute atomic E-state index is 0. The molecule has 0 heterocycles. The van der Waals surface area contributed by atoms with E-state index in [2.05, 4.69) is 0 Å². The molecular formula is C10H12CaN2Na3O8+. The Balaban J connectivity index is -0.000000301. The van der Waals surface area contributed by atoms with E-state index in [4.69, 9.17) is 0 Å². The zero-order valence-electron chi connectivity index (χ0n) is 14.1. The molecular weight excluding hydrogens is 385 g/mol. The molecule has 0 aliphatic heterocycles. The number of rotatable bonds is 11. The molecule has 0 N–H and O–H groups in total. The summed E-state index contributed by atoms with van der Waals surface area (Å²) in [6.07, 6.45) is 0. The second kappa shape index (κ2) is 21.4. The third-order valence-electron chi connectivity index (χ3n) is 2.14. The molecule has 0 saturated carbocycles. The third-order valence-corrected chi connectivity index (χ3v) is 2.14. The van der Waals surface area contributed by atoms with E-state index in [0.717, 1.165) is 9.80 Å². The molecule has 24 heavy (non-hydrogen) atoms. The van der Waals surface area contributed by atoms with Gasteiger partial charge in [0, 0.05) is 39.3 Å². The maximum absolute atomic E-state index is 10.4. The fourth-order valence-electron chi connectivity index (χ4n) is 1.44. The topological polar surface area (TPSA) is 167 Å². The molecule has 0 saturated heterocycles. The molecule has 0 fully saturated rings. The van der Waals surface area contributed by atoms with Gasteiger partial charge in [0.2, 0.25) is 0 Å². The SMILES string of the molecule is O=C([O-])CN(CCN(CC(=O)[O-])CC(=O)[O-])CC(=O)[O-].[Ca+2].[Na+].[Na+].[Na+]. The maximum Gasteiger partial charge on any atom is 2.00 e. The fraction of sp³-hybridized carbons (Fsp3) is 0.600. The smallest absolute Gasteiger partial charge is 0.549 e. The number of carbonyl (C=O) groups excluding carboxylic acids is 4. The summed E-state index contributed by atoms with van der Waals surface area (Å²) in [6, 6.07) is 0. The van der Waals surface area contributed by atoms with Crippen molar-refractivity contribution < 1.29 is 128 Å². The summed E-state index contributed by atoms with van der Waals surface area (Å²) in [6.45, 7) is -3.25. The van der Waals surface area contributed by atoms with Gasteiger partial charge in [-0.25, -0.2) is 0 Å². The monoisotopic (exact) mass is 397 g/mol. The first kappa shape index (κ1) is 36.9. The summed E-state index contributed by atoms with van der Waals surface area (Å²) in [5.74, 6) is -6.12. The van der Waals surface area contributed by atoms with Crippen molar-refractivity contribution in [2.24, 2.45) is 0 Å². The van der Waals surface area contributed by atoms with Crippen LogP contribution in [0.25, 0.3) is 0 Å². The molecule has 0 rings (SSSR count). The van der Waals surface area contributed by atoms with Gasteiger partial charge in [0.25, 0.3) is 0 Å². The molecule has 0 bridgehead atoms. The van der Waals surface area contributed by atoms with Gasteiger partial charge in [-0.05, 0) is 0 Å². The van der Waals surface area contributed by atoms with Crippen molar-refractivity contribution in [2.45, 2.75) is 0 Å². The first-order chi connectivity index (χ1) is 9.20. The predicted octanol–water partition coefficient (Wildman–Crippen LogP) is -16.8. The molecule has 0 aromatic rings. The molecule has 10 nitrogen and oxygen atoms in total. The van der Waals surface area contributed by atoms with E-state index in [1.807, 2.05) is 0 Å². The molecule has 0 spiro atoms. The van der Waals surface area contributed by atoms with Gasteiger partial charge in [-0.2, -0.15) is 0 Å². The minimum Gasteiger partial charge on any atom is -0.549 e. The molecule has 0 aromatic heterocycles. The Hall–Kier alpha value is 2.06. The summed E-state index contributed by atoms with van der Waals surface area (Å²) in [4.78, 5) is 43.4. The Morgan fingerprint density at radius 3 is 0.833 bits per heavy atom. The summed E-state index contributed by atoms with van der Waals surface area (Å²) < 4.78 is 0. The second-order valence-corrected chi connectivity index (χ2v) is 3.91. The molecule has 0 atom stereocenters. The van der Waals surface area contributed by atoms with Crippen molar-refractivity contribution in [3.8, 4) is 0 Å². The van der Waals surface area contributed by atoms with Crippen LogP contribution in [0.2, 0.25) is 0 Å². The van der Waals surface area contributed by atoms with E-state index < -0.39 is 50.1 Å². The van der Waals surface area contributed by atoms with E-state index >= 15 is 0 Å². The Labute approximate surface area is 235 Å². The molecule has 0 aliphatic carbocycles. The van der Waals surface area contributed by atoms with Crippen LogP contribution in [0.4, 0.5) is 0 Å². The molecule has 0 aromatic carbocycles. The van der Waals surface area contributed by atoms with E-state index in [0.29, 0.717) is 0 Å². The van der Waals surface area contributed by atoms with Crippen LogP contribution in [-0.4, -0.2) is 111 Å². The van der Waals surface area contributed by atoms with Crippen LogP contribution in [0.5, 0.6) is 0 Å². The number of nitrogens with zero attached hydrogens (tertiary/aromatic N) is 2. The van der Waals surface area contributed by atoms with E-state index in [1.54, 1.807) is 0 Å². The second-order valence-electron chi connectivity index (χ2n) is 3.91. The Morgan fingerprint density at radius 2 is 0.708 bits per heavy atom. The number of hydrogen-bond donors (Lipinski definition) is 0. The third kappa shape index (κ3) is 24.1. The largest absolute Gasteiger partial charge is 2.00 e. The zero-order valence-corrected chi connectivity index (χ0v) is 22.3. The number of hydrogen-bond acceptors (Lipinski definition) is 10. The van der Waals surface area contributed by atoms with Crippen LogP contribution in [0.3, 0.4) is 0 Å². The molecule has 14 heteroatoms. The van der Waals surface area contributed by atoms with Crippen LogP contribution in [-0.2, 0) is 19.2 Å². The maximum atomic E-state index is 10.4. The van der Waals surface area contributed by atoms with Crippen LogP contribution in [0.15, 0.2) is 0 Å². The normalized spacial score (nSPS) is 8.92. The van der Waals surface area contributed by atoms with Gasteiger partial charge in [0.15, 0.2) is 0 Å². The van der Waals surface area contributed by atoms with Crippen LogP contribution in [0.1, 0.15) is 0 Å². The molecule has 114 valence electrons. The molecule has 0 radical (unpaired) electrons. The van der Waals surface area contributed by atoms with Crippen molar-refractivity contribution in [2.75, 3.05) is 39.3 Å². The van der Waals surface area contributed by atoms with Crippen LogP contribution in [0, 0.1) is 0 Å². The minimum atomic E-state index is -1.53. The van der Waals surface area contributed by atoms with Gasteiger partial charge in [0.05, 0.1) is 23.9 Å². The Morgan fingerprint density at radius 1 is 0.542 bits per heavy atom. The van der Waals surface area contributed by atoms with Gasteiger partial charge in [-0.15, -0.1) is 0 Å². The van der Waals surface area contributed by atoms with Crippen molar-refractivity contribution >= 4 is 61.6 Å². The van der Waals surface area contributed by atoms with Gasteiger partial charge < -0.3 is 39.6 Å². The number of carboxylic acids is 4. The van der Waals surface area contributed by atoms with Gasteiger partial charge in [0.1, 0.15) is 0 Å². The van der Waals surface area contributed by atoms with Crippen molar-refractivity contribution in [1.82, 2.24) is 9.80 Å². The van der Waals surface area contributed by atoms with E-state index in [1.165, 1.54) is 0 Å². The molecule has 0 unspecified atom stereocenters. The average molecular weight is 397 g/mol. The molecule has 0 amide bonds. The van der Waals surface area contributed by atoms with Crippen LogP contribution >= 0.6 is 0 Å². The first-order valence-electron chi connectivity index (χ1n) is 5.44. The van der Waals surface area contributed by atoms with Gasteiger partial charge >= 0.3 is 126 Å². The summed E-state index contributed by atoms with van der Waals surface area (Å²) in [5.41, 5.74) is 0. The summed E-state index contributed by atoms with van der Waals surface area (Å²) in [7, 11) is 0. The summed E-state index contributed by atoms with van der Waals surface area (Å²) >= 11 is 0. The molecule has 0 aliphatic rings. The Kier molecular flexibility index (Phi) is 32.8. The van der Waals surface area contributed by atoms with E-state index in [-0.39, 0.29) is 139 Å². The predicted molar refractivity (Wildman–Crippen MR) is 58.7 cm³/mol. The van der Waals surface area contributed by atoms with Crippen molar-refractivity contribution in [3.05, 3.63) is 0 Å². The average Bonchev–Trinajstić information content (AvgIpc) is 2.22. The van der Waals surface area contributed by atoms with Crippen LogP contribution < -0.4 is 109 Å². The van der Waals surface area contributed by atoms with Gasteiger partial charge in [-0.1, -0.05) is 0 Å². The number of carbonyl (C=O) groups is 4. The zero-order chi connectivity index (χ0) is 15.7. The quantitative estimate of drug-likeness (QED) is 0.305. The van der Waals surface area contributed by atoms with Crippen molar-refractivity contribution in [1.29, 1.82) is 0 Å². The van der Waals surface area contributed by atoms with E-state index in [9.17, 15) is 39.6 Å². The standard InChI is InChI=1S/C10H16N2O8.Ca.3Na/c13-7(14)3-11(4-8(15)16)1-2-12(5-9(17)18)6-10(19)20;;;;/h1-6H2,(H,13,14)(H,15,16)(H,17,18)(H,19,20);;;;/q;+2;3*+1/p-4. The first-order valence-corrected chi connectivity index (χ1v) is 5.44. The number of aliphatic carboxylic acids is 4. The fourth-order valence-corrected chi connectivity index (χ4v) is 1.44. The Bertz CT molecular complexity index is 334. The van der Waals surface area contributed by atoms with Crippen molar-refractivity contribution in [3.63, 3.8) is 0 Å².